The summed E-state index contributed by atoms with van der Waals surface area (Å²) in [4.78, 5) is 7.99. The smallest absolute Gasteiger partial charge is 0.115 e. The molecule has 2 aromatic rings. The van der Waals surface area contributed by atoms with Gasteiger partial charge >= 0.3 is 0 Å². The fourth-order valence-electron chi connectivity index (χ4n) is 2.01. The molecule has 0 radical (unpaired) electrons. The molecule has 1 aromatic heterocycles. The average Bonchev–Trinajstić information content (AvgIpc) is 2.30. The highest BCUT2D eigenvalue weighted by Crippen LogP contribution is 2.22. The minimum absolute atomic E-state index is 0.251. The third-order valence-corrected chi connectivity index (χ3v) is 2.84. The molecule has 2 rings (SSSR count). The van der Waals surface area contributed by atoms with Crippen LogP contribution in [0.1, 0.15) is 29.7 Å². The molecule has 0 bridgehead atoms. The largest absolute Gasteiger partial charge is 0.376 e. The summed E-state index contributed by atoms with van der Waals surface area (Å²) in [6, 6.07) is 6.77. The zero-order chi connectivity index (χ0) is 12.3. The number of nitrogens with zero attached hydrogens (tertiary/aromatic N) is 2. The molecule has 1 unspecified atom stereocenters. The first-order chi connectivity index (χ1) is 8.16. The van der Waals surface area contributed by atoms with Crippen molar-refractivity contribution >= 4 is 5.69 Å². The Hall–Kier alpha value is -1.90. The SMILES string of the molecule is Cc1ccc(C(C)Nc2cncnc2)c(C)c1. The summed E-state index contributed by atoms with van der Waals surface area (Å²) in [7, 11) is 0. The predicted octanol–water partition coefficient (Wildman–Crippen LogP) is 3.27. The molecule has 0 spiro atoms. The van der Waals surface area contributed by atoms with E-state index in [1.165, 1.54) is 23.0 Å². The summed E-state index contributed by atoms with van der Waals surface area (Å²) in [5.74, 6) is 0. The van der Waals surface area contributed by atoms with E-state index in [2.05, 4.69) is 54.3 Å². The van der Waals surface area contributed by atoms with Crippen LogP contribution in [0.4, 0.5) is 5.69 Å². The highest BCUT2D eigenvalue weighted by molar-refractivity contribution is 5.43. The summed E-state index contributed by atoms with van der Waals surface area (Å²) in [5, 5.41) is 3.39. The van der Waals surface area contributed by atoms with Gasteiger partial charge in [0.05, 0.1) is 18.1 Å². The highest BCUT2D eigenvalue weighted by Gasteiger charge is 2.08. The molecule has 88 valence electrons. The fraction of sp³-hybridized carbons (Fsp3) is 0.286. The zero-order valence-corrected chi connectivity index (χ0v) is 10.4. The maximum Gasteiger partial charge on any atom is 0.115 e. The lowest BCUT2D eigenvalue weighted by Gasteiger charge is -2.17. The van der Waals surface area contributed by atoms with Crippen molar-refractivity contribution in [1.82, 2.24) is 9.97 Å². The van der Waals surface area contributed by atoms with E-state index in [0.29, 0.717) is 0 Å². The molecule has 0 aliphatic carbocycles. The summed E-state index contributed by atoms with van der Waals surface area (Å²) in [6.07, 6.45) is 5.10. The monoisotopic (exact) mass is 227 g/mol. The second kappa shape index (κ2) is 4.95. The van der Waals surface area contributed by atoms with E-state index in [9.17, 15) is 0 Å². The Morgan fingerprint density at radius 2 is 1.82 bits per heavy atom. The van der Waals surface area contributed by atoms with Crippen LogP contribution >= 0.6 is 0 Å². The molecule has 17 heavy (non-hydrogen) atoms. The van der Waals surface area contributed by atoms with Crippen LogP contribution in [0.3, 0.4) is 0 Å². The van der Waals surface area contributed by atoms with Crippen molar-refractivity contribution in [3.8, 4) is 0 Å². The number of rotatable bonds is 3. The number of nitrogens with one attached hydrogen (secondary N) is 1. The quantitative estimate of drug-likeness (QED) is 0.874. The summed E-state index contributed by atoms with van der Waals surface area (Å²) < 4.78 is 0. The number of hydrogen-bond donors (Lipinski definition) is 1. The summed E-state index contributed by atoms with van der Waals surface area (Å²) in [5.41, 5.74) is 4.85. The van der Waals surface area contributed by atoms with Gasteiger partial charge in [-0.15, -0.1) is 0 Å². The van der Waals surface area contributed by atoms with Gasteiger partial charge in [-0.05, 0) is 31.9 Å². The number of aryl methyl sites for hydroxylation is 2. The molecular formula is C14H17N3. The zero-order valence-electron chi connectivity index (χ0n) is 10.4. The Bertz CT molecular complexity index is 494. The van der Waals surface area contributed by atoms with Gasteiger partial charge in [0.25, 0.3) is 0 Å². The maximum atomic E-state index is 3.99. The molecular weight excluding hydrogens is 210 g/mol. The van der Waals surface area contributed by atoms with Gasteiger partial charge in [0.1, 0.15) is 6.33 Å². The minimum atomic E-state index is 0.251. The molecule has 0 amide bonds. The third kappa shape index (κ3) is 2.81. The van der Waals surface area contributed by atoms with Crippen LogP contribution in [0.25, 0.3) is 0 Å². The molecule has 1 aromatic carbocycles. The Morgan fingerprint density at radius 1 is 1.12 bits per heavy atom. The van der Waals surface area contributed by atoms with E-state index < -0.39 is 0 Å². The average molecular weight is 227 g/mol. The summed E-state index contributed by atoms with van der Waals surface area (Å²) in [6.45, 7) is 6.40. The lowest BCUT2D eigenvalue weighted by atomic mass is 10.0. The fourth-order valence-corrected chi connectivity index (χ4v) is 2.01. The lowest BCUT2D eigenvalue weighted by Crippen LogP contribution is -2.08. The van der Waals surface area contributed by atoms with Crippen molar-refractivity contribution in [2.75, 3.05) is 5.32 Å². The molecule has 0 saturated carbocycles. The van der Waals surface area contributed by atoms with Crippen LogP contribution in [-0.4, -0.2) is 9.97 Å². The van der Waals surface area contributed by atoms with E-state index in [1.54, 1.807) is 12.4 Å². The van der Waals surface area contributed by atoms with E-state index in [4.69, 9.17) is 0 Å². The van der Waals surface area contributed by atoms with Crippen molar-refractivity contribution in [2.45, 2.75) is 26.8 Å². The number of aromatic nitrogens is 2. The van der Waals surface area contributed by atoms with Crippen LogP contribution in [0.5, 0.6) is 0 Å². The van der Waals surface area contributed by atoms with Crippen molar-refractivity contribution in [3.05, 3.63) is 53.6 Å². The lowest BCUT2D eigenvalue weighted by molar-refractivity contribution is 0.868. The molecule has 3 nitrogen and oxygen atoms in total. The highest BCUT2D eigenvalue weighted by atomic mass is 15.0. The van der Waals surface area contributed by atoms with Crippen LogP contribution in [0.15, 0.2) is 36.9 Å². The Kier molecular flexibility index (Phi) is 3.38. The standard InChI is InChI=1S/C14H17N3/c1-10-4-5-14(11(2)6-10)12(3)17-13-7-15-9-16-8-13/h4-9,12,17H,1-3H3. The first kappa shape index (κ1) is 11.6. The van der Waals surface area contributed by atoms with Gasteiger partial charge in [0.15, 0.2) is 0 Å². The number of anilines is 1. The minimum Gasteiger partial charge on any atom is -0.376 e. The number of benzene rings is 1. The second-order valence-corrected chi connectivity index (χ2v) is 4.35. The molecule has 0 aliphatic rings. The topological polar surface area (TPSA) is 37.8 Å². The third-order valence-electron chi connectivity index (χ3n) is 2.84. The Morgan fingerprint density at radius 3 is 2.47 bits per heavy atom. The second-order valence-electron chi connectivity index (χ2n) is 4.35. The Labute approximate surface area is 102 Å². The van der Waals surface area contributed by atoms with Crippen LogP contribution in [-0.2, 0) is 0 Å². The number of hydrogen-bond acceptors (Lipinski definition) is 3. The first-order valence-electron chi connectivity index (χ1n) is 5.75. The van der Waals surface area contributed by atoms with Gasteiger partial charge < -0.3 is 5.32 Å². The first-order valence-corrected chi connectivity index (χ1v) is 5.75. The van der Waals surface area contributed by atoms with E-state index in [-0.39, 0.29) is 6.04 Å². The summed E-state index contributed by atoms with van der Waals surface area (Å²) >= 11 is 0. The van der Waals surface area contributed by atoms with Crippen LogP contribution in [0.2, 0.25) is 0 Å². The molecule has 1 heterocycles. The van der Waals surface area contributed by atoms with E-state index >= 15 is 0 Å². The van der Waals surface area contributed by atoms with Gasteiger partial charge in [-0.3, -0.25) is 0 Å². The van der Waals surface area contributed by atoms with Gasteiger partial charge in [0.2, 0.25) is 0 Å². The van der Waals surface area contributed by atoms with Crippen LogP contribution in [0, 0.1) is 13.8 Å². The predicted molar refractivity (Wildman–Crippen MR) is 70.0 cm³/mol. The molecule has 0 aliphatic heterocycles. The van der Waals surface area contributed by atoms with Gasteiger partial charge in [-0.25, -0.2) is 9.97 Å². The molecule has 0 saturated heterocycles. The molecule has 1 atom stereocenters. The molecule has 3 heteroatoms. The van der Waals surface area contributed by atoms with Crippen molar-refractivity contribution in [3.63, 3.8) is 0 Å². The normalized spacial score (nSPS) is 12.2. The van der Waals surface area contributed by atoms with E-state index in [0.717, 1.165) is 5.69 Å². The van der Waals surface area contributed by atoms with Crippen LogP contribution < -0.4 is 5.32 Å². The van der Waals surface area contributed by atoms with Gasteiger partial charge in [0, 0.05) is 6.04 Å². The Balaban J connectivity index is 2.17. The molecule has 0 fully saturated rings. The maximum absolute atomic E-state index is 3.99. The van der Waals surface area contributed by atoms with Gasteiger partial charge in [-0.2, -0.15) is 0 Å². The van der Waals surface area contributed by atoms with Crippen molar-refractivity contribution in [1.29, 1.82) is 0 Å². The van der Waals surface area contributed by atoms with Crippen molar-refractivity contribution < 1.29 is 0 Å². The van der Waals surface area contributed by atoms with E-state index in [1.807, 2.05) is 0 Å². The van der Waals surface area contributed by atoms with Crippen molar-refractivity contribution in [2.24, 2.45) is 0 Å². The van der Waals surface area contributed by atoms with Gasteiger partial charge in [-0.1, -0.05) is 23.8 Å². The molecule has 1 N–H and O–H groups in total.